The number of carbonyl (C=O) groups is 1. The molecule has 0 radical (unpaired) electrons. The Labute approximate surface area is 98.6 Å². The highest BCUT2D eigenvalue weighted by Crippen LogP contribution is 2.14. The summed E-state index contributed by atoms with van der Waals surface area (Å²) in [5.41, 5.74) is 5.99. The first-order valence-corrected chi connectivity index (χ1v) is 6.23. The molecule has 0 aromatic carbocycles. The number of hydrogen-bond acceptors (Lipinski definition) is 3. The molecule has 1 heterocycles. The fraction of sp³-hybridized carbons (Fsp3) is 0.917. The van der Waals surface area contributed by atoms with E-state index >= 15 is 0 Å². The second-order valence-electron chi connectivity index (χ2n) is 5.36. The lowest BCUT2D eigenvalue weighted by Crippen LogP contribution is -2.50. The van der Waals surface area contributed by atoms with Gasteiger partial charge in [0.1, 0.15) is 0 Å². The number of nitrogens with zero attached hydrogens (tertiary/aromatic N) is 1. The van der Waals surface area contributed by atoms with Gasteiger partial charge >= 0.3 is 0 Å². The van der Waals surface area contributed by atoms with Crippen LogP contribution in [-0.2, 0) is 4.79 Å². The molecule has 1 aliphatic heterocycles. The Hall–Kier alpha value is -0.610. The molecule has 3 N–H and O–H groups in total. The summed E-state index contributed by atoms with van der Waals surface area (Å²) in [5, 5.41) is 2.93. The van der Waals surface area contributed by atoms with E-state index in [2.05, 4.69) is 31.0 Å². The van der Waals surface area contributed by atoms with Crippen molar-refractivity contribution in [2.24, 2.45) is 17.6 Å². The maximum Gasteiger partial charge on any atom is 0.234 e. The molecule has 4 nitrogen and oxygen atoms in total. The molecule has 94 valence electrons. The van der Waals surface area contributed by atoms with E-state index < -0.39 is 0 Å². The molecule has 0 bridgehead atoms. The van der Waals surface area contributed by atoms with Crippen molar-refractivity contribution in [3.63, 3.8) is 0 Å². The highest BCUT2D eigenvalue weighted by atomic mass is 16.2. The van der Waals surface area contributed by atoms with Crippen molar-refractivity contribution in [2.75, 3.05) is 26.2 Å². The van der Waals surface area contributed by atoms with Crippen LogP contribution in [0.15, 0.2) is 0 Å². The molecule has 0 aromatic heterocycles. The molecule has 1 fully saturated rings. The van der Waals surface area contributed by atoms with E-state index in [0.29, 0.717) is 18.4 Å². The van der Waals surface area contributed by atoms with Gasteiger partial charge in [-0.05, 0) is 24.8 Å². The molecule has 0 aromatic rings. The predicted molar refractivity (Wildman–Crippen MR) is 66.0 cm³/mol. The average molecular weight is 227 g/mol. The van der Waals surface area contributed by atoms with Crippen LogP contribution < -0.4 is 11.1 Å². The van der Waals surface area contributed by atoms with Crippen molar-refractivity contribution < 1.29 is 4.79 Å². The summed E-state index contributed by atoms with van der Waals surface area (Å²) in [6, 6.07) is 0.214. The van der Waals surface area contributed by atoms with Crippen LogP contribution in [0.2, 0.25) is 0 Å². The first kappa shape index (κ1) is 13.5. The lowest BCUT2D eigenvalue weighted by molar-refractivity contribution is -0.122. The van der Waals surface area contributed by atoms with Crippen molar-refractivity contribution in [1.82, 2.24) is 10.2 Å². The van der Waals surface area contributed by atoms with Crippen LogP contribution in [0.4, 0.5) is 0 Å². The van der Waals surface area contributed by atoms with Gasteiger partial charge in [0, 0.05) is 19.1 Å². The summed E-state index contributed by atoms with van der Waals surface area (Å²) < 4.78 is 0. The van der Waals surface area contributed by atoms with Crippen molar-refractivity contribution in [3.05, 3.63) is 0 Å². The number of piperidine rings is 1. The summed E-state index contributed by atoms with van der Waals surface area (Å²) >= 11 is 0. The zero-order chi connectivity index (χ0) is 12.1. The smallest absolute Gasteiger partial charge is 0.234 e. The van der Waals surface area contributed by atoms with Gasteiger partial charge in [-0.15, -0.1) is 0 Å². The summed E-state index contributed by atoms with van der Waals surface area (Å²) in [6.07, 6.45) is 1.10. The van der Waals surface area contributed by atoms with Crippen LogP contribution in [-0.4, -0.2) is 43.0 Å². The van der Waals surface area contributed by atoms with Crippen LogP contribution >= 0.6 is 0 Å². The van der Waals surface area contributed by atoms with Crippen LogP contribution in [0.25, 0.3) is 0 Å². The van der Waals surface area contributed by atoms with E-state index in [9.17, 15) is 4.79 Å². The van der Waals surface area contributed by atoms with Crippen LogP contribution in [0.5, 0.6) is 0 Å². The summed E-state index contributed by atoms with van der Waals surface area (Å²) in [6.45, 7) is 9.46. The van der Waals surface area contributed by atoms with Crippen molar-refractivity contribution in [1.29, 1.82) is 0 Å². The molecule has 16 heavy (non-hydrogen) atoms. The standard InChI is InChI=1S/C12H25N3O/c1-9(2)6-14-12(16)8-15-5-4-10(3)11(13)7-15/h9-11H,4-8,13H2,1-3H3,(H,14,16). The van der Waals surface area contributed by atoms with Crippen LogP contribution in [0, 0.1) is 11.8 Å². The number of nitrogens with one attached hydrogen (secondary N) is 1. The fourth-order valence-electron chi connectivity index (χ4n) is 1.89. The Bertz CT molecular complexity index is 230. The quantitative estimate of drug-likeness (QED) is 0.732. The van der Waals surface area contributed by atoms with Gasteiger partial charge in [-0.1, -0.05) is 20.8 Å². The molecule has 4 heteroatoms. The lowest BCUT2D eigenvalue weighted by Gasteiger charge is -2.34. The van der Waals surface area contributed by atoms with Gasteiger partial charge in [-0.3, -0.25) is 9.69 Å². The molecule has 2 unspecified atom stereocenters. The fourth-order valence-corrected chi connectivity index (χ4v) is 1.89. The molecule has 1 saturated heterocycles. The topological polar surface area (TPSA) is 58.4 Å². The number of hydrogen-bond donors (Lipinski definition) is 2. The minimum absolute atomic E-state index is 0.121. The van der Waals surface area contributed by atoms with Gasteiger partial charge in [-0.25, -0.2) is 0 Å². The van der Waals surface area contributed by atoms with E-state index in [0.717, 1.165) is 26.1 Å². The SMILES string of the molecule is CC(C)CNC(=O)CN1CCC(C)C(N)C1. The van der Waals surface area contributed by atoms with Crippen molar-refractivity contribution in [2.45, 2.75) is 33.2 Å². The third-order valence-corrected chi connectivity index (χ3v) is 3.18. The van der Waals surface area contributed by atoms with E-state index in [-0.39, 0.29) is 11.9 Å². The van der Waals surface area contributed by atoms with Gasteiger partial charge in [0.2, 0.25) is 5.91 Å². The zero-order valence-corrected chi connectivity index (χ0v) is 10.7. The largest absolute Gasteiger partial charge is 0.355 e. The molecule has 1 amide bonds. The Kier molecular flexibility index (Phi) is 5.22. The predicted octanol–water partition coefficient (Wildman–Crippen LogP) is 0.428. The molecule has 0 aliphatic carbocycles. The average Bonchev–Trinajstić information content (AvgIpc) is 2.21. The first-order chi connectivity index (χ1) is 7.49. The molecule has 1 rings (SSSR count). The van der Waals surface area contributed by atoms with Crippen molar-refractivity contribution >= 4 is 5.91 Å². The van der Waals surface area contributed by atoms with Crippen LogP contribution in [0.1, 0.15) is 27.2 Å². The van der Waals surface area contributed by atoms with Gasteiger partial charge in [0.15, 0.2) is 0 Å². The maximum atomic E-state index is 11.6. The highest BCUT2D eigenvalue weighted by molar-refractivity contribution is 5.78. The monoisotopic (exact) mass is 227 g/mol. The summed E-state index contributed by atoms with van der Waals surface area (Å²) in [7, 11) is 0. The minimum Gasteiger partial charge on any atom is -0.355 e. The molecular weight excluding hydrogens is 202 g/mol. The second kappa shape index (κ2) is 6.21. The normalized spacial score (nSPS) is 27.1. The number of likely N-dealkylation sites (tertiary alicyclic amines) is 1. The Morgan fingerprint density at radius 1 is 1.56 bits per heavy atom. The van der Waals surface area contributed by atoms with E-state index in [1.54, 1.807) is 0 Å². The third-order valence-electron chi connectivity index (χ3n) is 3.18. The number of carbonyl (C=O) groups excluding carboxylic acids is 1. The molecule has 2 atom stereocenters. The second-order valence-corrected chi connectivity index (χ2v) is 5.36. The van der Waals surface area contributed by atoms with E-state index in [1.807, 2.05) is 0 Å². The molecule has 0 saturated carbocycles. The number of amides is 1. The van der Waals surface area contributed by atoms with Gasteiger partial charge in [0.25, 0.3) is 0 Å². The molecule has 0 spiro atoms. The molecule has 1 aliphatic rings. The Morgan fingerprint density at radius 2 is 2.25 bits per heavy atom. The molecular formula is C12H25N3O. The first-order valence-electron chi connectivity index (χ1n) is 6.23. The third kappa shape index (κ3) is 4.49. The van der Waals surface area contributed by atoms with Gasteiger partial charge in [0.05, 0.1) is 6.54 Å². The zero-order valence-electron chi connectivity index (χ0n) is 10.7. The van der Waals surface area contributed by atoms with Crippen LogP contribution in [0.3, 0.4) is 0 Å². The van der Waals surface area contributed by atoms with E-state index in [4.69, 9.17) is 5.73 Å². The summed E-state index contributed by atoms with van der Waals surface area (Å²) in [4.78, 5) is 13.8. The summed E-state index contributed by atoms with van der Waals surface area (Å²) in [5.74, 6) is 1.21. The van der Waals surface area contributed by atoms with E-state index in [1.165, 1.54) is 0 Å². The van der Waals surface area contributed by atoms with Gasteiger partial charge < -0.3 is 11.1 Å². The Balaban J connectivity index is 2.24. The number of nitrogens with two attached hydrogens (primary N) is 1. The van der Waals surface area contributed by atoms with Crippen molar-refractivity contribution in [3.8, 4) is 0 Å². The number of rotatable bonds is 4. The maximum absolute atomic E-state index is 11.6. The highest BCUT2D eigenvalue weighted by Gasteiger charge is 2.24. The Morgan fingerprint density at radius 3 is 2.81 bits per heavy atom. The van der Waals surface area contributed by atoms with Gasteiger partial charge in [-0.2, -0.15) is 0 Å². The minimum atomic E-state index is 0.121. The lowest BCUT2D eigenvalue weighted by atomic mass is 9.94.